The van der Waals surface area contributed by atoms with Crippen LogP contribution in [0.4, 0.5) is 5.69 Å². The second-order valence-electron chi connectivity index (χ2n) is 3.02. The van der Waals surface area contributed by atoms with Crippen molar-refractivity contribution in [1.82, 2.24) is 9.97 Å². The number of nitro groups is 1. The Morgan fingerprint density at radius 1 is 1.40 bits per heavy atom. The first-order valence-corrected chi connectivity index (χ1v) is 4.95. The van der Waals surface area contributed by atoms with Crippen molar-refractivity contribution in [3.05, 3.63) is 38.7 Å². The van der Waals surface area contributed by atoms with Gasteiger partial charge in [-0.05, 0) is 28.9 Å². The molecule has 0 aliphatic rings. The molecule has 0 radical (unpaired) electrons. The second kappa shape index (κ2) is 3.54. The van der Waals surface area contributed by atoms with Crippen LogP contribution in [0.15, 0.2) is 22.8 Å². The molecule has 0 amide bonds. The molecule has 0 saturated carbocycles. The van der Waals surface area contributed by atoms with Crippen molar-refractivity contribution < 1.29 is 4.92 Å². The van der Waals surface area contributed by atoms with Crippen LogP contribution >= 0.6 is 15.9 Å². The Bertz CT molecular complexity index is 556. The number of nitrogens with zero attached hydrogens (tertiary/aromatic N) is 3. The Hall–Kier alpha value is -1.56. The molecule has 5 nitrogen and oxygen atoms in total. The standard InChI is InChI=1S/C9H6BrN3O2/c1-5-11-8-3-2-6(13(14)15)4-7(8)9(10)12-5/h2-4H,1H3. The lowest BCUT2D eigenvalue weighted by Crippen LogP contribution is -1.92. The van der Waals surface area contributed by atoms with Crippen molar-refractivity contribution >= 4 is 32.5 Å². The van der Waals surface area contributed by atoms with Gasteiger partial charge in [0.25, 0.3) is 5.69 Å². The zero-order valence-corrected chi connectivity index (χ0v) is 9.35. The van der Waals surface area contributed by atoms with E-state index >= 15 is 0 Å². The molecule has 0 spiro atoms. The maximum atomic E-state index is 10.6. The molecule has 15 heavy (non-hydrogen) atoms. The maximum absolute atomic E-state index is 10.6. The third-order valence-electron chi connectivity index (χ3n) is 1.96. The van der Waals surface area contributed by atoms with Crippen LogP contribution in [-0.4, -0.2) is 14.9 Å². The monoisotopic (exact) mass is 267 g/mol. The molecular weight excluding hydrogens is 262 g/mol. The van der Waals surface area contributed by atoms with Gasteiger partial charge in [0.05, 0.1) is 10.4 Å². The minimum atomic E-state index is -0.439. The number of hydrogen-bond donors (Lipinski definition) is 0. The molecule has 6 heteroatoms. The van der Waals surface area contributed by atoms with Crippen LogP contribution in [0.25, 0.3) is 10.9 Å². The van der Waals surface area contributed by atoms with Gasteiger partial charge >= 0.3 is 0 Å². The van der Waals surface area contributed by atoms with Crippen molar-refractivity contribution in [3.63, 3.8) is 0 Å². The van der Waals surface area contributed by atoms with E-state index in [1.807, 2.05) is 0 Å². The van der Waals surface area contributed by atoms with Gasteiger partial charge in [-0.1, -0.05) is 0 Å². The molecule has 1 aromatic heterocycles. The van der Waals surface area contributed by atoms with Gasteiger partial charge in [0.2, 0.25) is 0 Å². The van der Waals surface area contributed by atoms with Crippen LogP contribution < -0.4 is 0 Å². The van der Waals surface area contributed by atoms with E-state index in [0.717, 1.165) is 0 Å². The molecule has 0 aliphatic heterocycles. The third kappa shape index (κ3) is 1.80. The summed E-state index contributed by atoms with van der Waals surface area (Å²) >= 11 is 3.26. The Balaban J connectivity index is 2.76. The normalized spacial score (nSPS) is 10.5. The quantitative estimate of drug-likeness (QED) is 0.453. The van der Waals surface area contributed by atoms with Gasteiger partial charge in [-0.3, -0.25) is 10.1 Å². The van der Waals surface area contributed by atoms with Gasteiger partial charge in [0, 0.05) is 17.5 Å². The fourth-order valence-corrected chi connectivity index (χ4v) is 1.88. The van der Waals surface area contributed by atoms with Crippen LogP contribution in [0.1, 0.15) is 5.82 Å². The van der Waals surface area contributed by atoms with Crippen LogP contribution in [0.3, 0.4) is 0 Å². The summed E-state index contributed by atoms with van der Waals surface area (Å²) in [6.45, 7) is 1.77. The van der Waals surface area contributed by atoms with Crippen molar-refractivity contribution in [3.8, 4) is 0 Å². The minimum absolute atomic E-state index is 0.0376. The van der Waals surface area contributed by atoms with Crippen molar-refractivity contribution in [1.29, 1.82) is 0 Å². The van der Waals surface area contributed by atoms with Crippen LogP contribution in [0, 0.1) is 17.0 Å². The van der Waals surface area contributed by atoms with Gasteiger partial charge in [-0.25, -0.2) is 9.97 Å². The number of aromatic nitrogens is 2. The summed E-state index contributed by atoms with van der Waals surface area (Å²) in [6, 6.07) is 4.51. The van der Waals surface area contributed by atoms with Crippen LogP contribution in [0.2, 0.25) is 0 Å². The molecule has 0 saturated heterocycles. The van der Waals surface area contributed by atoms with Gasteiger partial charge in [0.1, 0.15) is 10.4 Å². The first kappa shape index (κ1) is 9.97. The topological polar surface area (TPSA) is 68.9 Å². The predicted octanol–water partition coefficient (Wildman–Crippen LogP) is 2.61. The minimum Gasteiger partial charge on any atom is -0.258 e. The lowest BCUT2D eigenvalue weighted by molar-refractivity contribution is -0.384. The van der Waals surface area contributed by atoms with Gasteiger partial charge in [-0.2, -0.15) is 0 Å². The molecule has 1 heterocycles. The Kier molecular flexibility index (Phi) is 2.36. The smallest absolute Gasteiger partial charge is 0.258 e. The van der Waals surface area contributed by atoms with Crippen molar-refractivity contribution in [2.45, 2.75) is 6.92 Å². The number of halogens is 1. The predicted molar refractivity (Wildman–Crippen MR) is 58.6 cm³/mol. The van der Waals surface area contributed by atoms with E-state index in [-0.39, 0.29) is 5.69 Å². The largest absolute Gasteiger partial charge is 0.270 e. The number of nitro benzene ring substituents is 1. The molecule has 0 atom stereocenters. The molecule has 0 aliphatic carbocycles. The highest BCUT2D eigenvalue weighted by molar-refractivity contribution is 9.10. The van der Waals surface area contributed by atoms with E-state index in [1.54, 1.807) is 13.0 Å². The Morgan fingerprint density at radius 3 is 2.80 bits per heavy atom. The van der Waals surface area contributed by atoms with E-state index in [1.165, 1.54) is 12.1 Å². The van der Waals surface area contributed by atoms with E-state index in [0.29, 0.717) is 21.3 Å². The van der Waals surface area contributed by atoms with Crippen LogP contribution in [-0.2, 0) is 0 Å². The fraction of sp³-hybridized carbons (Fsp3) is 0.111. The van der Waals surface area contributed by atoms with Gasteiger partial charge in [-0.15, -0.1) is 0 Å². The Morgan fingerprint density at radius 2 is 2.13 bits per heavy atom. The number of rotatable bonds is 1. The molecule has 0 unspecified atom stereocenters. The molecule has 2 aromatic rings. The van der Waals surface area contributed by atoms with Crippen molar-refractivity contribution in [2.24, 2.45) is 0 Å². The lowest BCUT2D eigenvalue weighted by atomic mass is 10.2. The highest BCUT2D eigenvalue weighted by Gasteiger charge is 2.09. The maximum Gasteiger partial charge on any atom is 0.270 e. The SMILES string of the molecule is Cc1nc(Br)c2cc([N+](=O)[O-])ccc2n1. The molecule has 1 aromatic carbocycles. The first-order valence-electron chi connectivity index (χ1n) is 4.16. The zero-order valence-electron chi connectivity index (χ0n) is 7.77. The van der Waals surface area contributed by atoms with Gasteiger partial charge in [0.15, 0.2) is 0 Å². The summed E-state index contributed by atoms with van der Waals surface area (Å²) < 4.78 is 0.578. The molecule has 2 rings (SSSR count). The zero-order chi connectivity index (χ0) is 11.0. The van der Waals surface area contributed by atoms with E-state index in [9.17, 15) is 10.1 Å². The summed E-state index contributed by atoms with van der Waals surface area (Å²) in [5.74, 6) is 0.628. The first-order chi connectivity index (χ1) is 7.08. The van der Waals surface area contributed by atoms with Crippen LogP contribution in [0.5, 0.6) is 0 Å². The summed E-state index contributed by atoms with van der Waals surface area (Å²) in [5.41, 5.74) is 0.732. The molecular formula is C9H6BrN3O2. The third-order valence-corrected chi connectivity index (χ3v) is 2.56. The number of aryl methyl sites for hydroxylation is 1. The summed E-state index contributed by atoms with van der Waals surface area (Å²) in [5, 5.41) is 11.2. The molecule has 0 N–H and O–H groups in total. The van der Waals surface area contributed by atoms with Crippen molar-refractivity contribution in [2.75, 3.05) is 0 Å². The number of benzene rings is 1. The van der Waals surface area contributed by atoms with E-state index < -0.39 is 4.92 Å². The highest BCUT2D eigenvalue weighted by atomic mass is 79.9. The number of non-ortho nitro benzene ring substituents is 1. The summed E-state index contributed by atoms with van der Waals surface area (Å²) in [7, 11) is 0. The molecule has 76 valence electrons. The highest BCUT2D eigenvalue weighted by Crippen LogP contribution is 2.24. The van der Waals surface area contributed by atoms with Gasteiger partial charge < -0.3 is 0 Å². The number of fused-ring (bicyclic) bond motifs is 1. The molecule has 0 fully saturated rings. The Labute approximate surface area is 93.4 Å². The summed E-state index contributed by atoms with van der Waals surface area (Å²) in [6.07, 6.45) is 0. The summed E-state index contributed by atoms with van der Waals surface area (Å²) in [4.78, 5) is 18.4. The fourth-order valence-electron chi connectivity index (χ4n) is 1.30. The average Bonchev–Trinajstić information content (AvgIpc) is 2.16. The lowest BCUT2D eigenvalue weighted by Gasteiger charge is -2.00. The number of hydrogen-bond acceptors (Lipinski definition) is 4. The van der Waals surface area contributed by atoms with E-state index in [2.05, 4.69) is 25.9 Å². The molecule has 0 bridgehead atoms. The average molecular weight is 268 g/mol. The second-order valence-corrected chi connectivity index (χ2v) is 3.77. The van der Waals surface area contributed by atoms with E-state index in [4.69, 9.17) is 0 Å².